The number of ether oxygens (including phenoxy) is 1. The molecule has 3 rings (SSSR count). The molecule has 1 saturated carbocycles. The first-order chi connectivity index (χ1) is 14.6. The largest absolute Gasteiger partial charge is 0.381 e. The van der Waals surface area contributed by atoms with Gasteiger partial charge in [0, 0.05) is 42.6 Å². The Balaban J connectivity index is 0.00000341. The van der Waals surface area contributed by atoms with Crippen LogP contribution in [0.1, 0.15) is 64.0 Å². The SMILES string of the molecule is CCNC(=NCC1(NC(C)c2ccccc2)CCOCC1)NC1CCCC(SC)C1.I. The van der Waals surface area contributed by atoms with E-state index in [0.717, 1.165) is 50.4 Å². The van der Waals surface area contributed by atoms with Crippen LogP contribution < -0.4 is 16.0 Å². The first-order valence-electron chi connectivity index (χ1n) is 11.6. The molecule has 2 aliphatic rings. The summed E-state index contributed by atoms with van der Waals surface area (Å²) in [6, 6.07) is 11.5. The minimum Gasteiger partial charge on any atom is -0.381 e. The number of nitrogens with one attached hydrogen (secondary N) is 3. The molecule has 0 spiro atoms. The molecule has 1 saturated heterocycles. The second-order valence-corrected chi connectivity index (χ2v) is 9.87. The molecule has 3 atom stereocenters. The minimum atomic E-state index is -0.0236. The van der Waals surface area contributed by atoms with E-state index in [0.29, 0.717) is 6.04 Å². The zero-order valence-corrected chi connectivity index (χ0v) is 22.5. The summed E-state index contributed by atoms with van der Waals surface area (Å²) >= 11 is 2.01. The third-order valence-corrected chi connectivity index (χ3v) is 7.55. The van der Waals surface area contributed by atoms with E-state index in [-0.39, 0.29) is 35.6 Å². The maximum Gasteiger partial charge on any atom is 0.191 e. The average molecular weight is 561 g/mol. The van der Waals surface area contributed by atoms with Crippen molar-refractivity contribution in [2.24, 2.45) is 4.99 Å². The van der Waals surface area contributed by atoms with Crippen molar-refractivity contribution in [2.45, 2.75) is 75.2 Å². The molecule has 1 aromatic carbocycles. The van der Waals surface area contributed by atoms with Crippen LogP contribution in [0.3, 0.4) is 0 Å². The predicted molar refractivity (Wildman–Crippen MR) is 145 cm³/mol. The topological polar surface area (TPSA) is 57.7 Å². The molecule has 1 heterocycles. The molecule has 1 aromatic rings. The molecule has 7 heteroatoms. The molecule has 31 heavy (non-hydrogen) atoms. The molecule has 176 valence electrons. The summed E-state index contributed by atoms with van der Waals surface area (Å²) in [6.07, 6.45) is 9.34. The molecular weight excluding hydrogens is 519 g/mol. The third-order valence-electron chi connectivity index (χ3n) is 6.46. The van der Waals surface area contributed by atoms with Crippen molar-refractivity contribution < 1.29 is 4.74 Å². The second-order valence-electron chi connectivity index (χ2n) is 8.73. The Hall–Kier alpha value is -0.510. The molecule has 1 aliphatic heterocycles. The maximum atomic E-state index is 5.69. The van der Waals surface area contributed by atoms with Gasteiger partial charge in [-0.25, -0.2) is 0 Å². The van der Waals surface area contributed by atoms with Gasteiger partial charge in [-0.2, -0.15) is 11.8 Å². The number of hydrogen-bond donors (Lipinski definition) is 3. The quantitative estimate of drug-likeness (QED) is 0.244. The van der Waals surface area contributed by atoms with Gasteiger partial charge in [-0.3, -0.25) is 4.99 Å². The molecular formula is C24H41IN4OS. The zero-order valence-electron chi connectivity index (χ0n) is 19.4. The van der Waals surface area contributed by atoms with Crippen LogP contribution in [-0.4, -0.2) is 55.3 Å². The van der Waals surface area contributed by atoms with E-state index in [1.54, 1.807) is 0 Å². The highest BCUT2D eigenvalue weighted by molar-refractivity contribution is 14.0. The van der Waals surface area contributed by atoms with E-state index in [1.165, 1.54) is 31.2 Å². The van der Waals surface area contributed by atoms with Crippen LogP contribution in [0.25, 0.3) is 0 Å². The van der Waals surface area contributed by atoms with E-state index >= 15 is 0 Å². The van der Waals surface area contributed by atoms with Gasteiger partial charge in [0.15, 0.2) is 5.96 Å². The zero-order chi connectivity index (χ0) is 21.2. The lowest BCUT2D eigenvalue weighted by molar-refractivity contribution is 0.0374. The molecule has 3 unspecified atom stereocenters. The number of aliphatic imine (C=N–C) groups is 1. The van der Waals surface area contributed by atoms with E-state index < -0.39 is 0 Å². The lowest BCUT2D eigenvalue weighted by Gasteiger charge is -2.39. The first kappa shape index (κ1) is 26.7. The van der Waals surface area contributed by atoms with Crippen LogP contribution in [0, 0.1) is 0 Å². The highest BCUT2D eigenvalue weighted by atomic mass is 127. The van der Waals surface area contributed by atoms with Crippen molar-refractivity contribution in [3.05, 3.63) is 35.9 Å². The van der Waals surface area contributed by atoms with E-state index in [1.807, 2.05) is 11.8 Å². The number of guanidine groups is 1. The fourth-order valence-corrected chi connectivity index (χ4v) is 5.46. The molecule has 2 fully saturated rings. The van der Waals surface area contributed by atoms with Crippen LogP contribution >= 0.6 is 35.7 Å². The monoisotopic (exact) mass is 560 g/mol. The molecule has 5 nitrogen and oxygen atoms in total. The fraction of sp³-hybridized carbons (Fsp3) is 0.708. The van der Waals surface area contributed by atoms with Gasteiger partial charge in [0.2, 0.25) is 0 Å². The van der Waals surface area contributed by atoms with Gasteiger partial charge in [-0.05, 0) is 57.8 Å². The summed E-state index contributed by atoms with van der Waals surface area (Å²) < 4.78 is 5.69. The second kappa shape index (κ2) is 13.9. The van der Waals surface area contributed by atoms with Gasteiger partial charge >= 0.3 is 0 Å². The lowest BCUT2D eigenvalue weighted by Crippen LogP contribution is -2.53. The molecule has 0 aromatic heterocycles. The van der Waals surface area contributed by atoms with E-state index in [2.05, 4.69) is 66.4 Å². The van der Waals surface area contributed by atoms with E-state index in [4.69, 9.17) is 9.73 Å². The van der Waals surface area contributed by atoms with Crippen LogP contribution in [0.15, 0.2) is 35.3 Å². The summed E-state index contributed by atoms with van der Waals surface area (Å²) in [5.74, 6) is 0.962. The van der Waals surface area contributed by atoms with Gasteiger partial charge in [-0.15, -0.1) is 24.0 Å². The number of halogens is 1. The number of rotatable bonds is 8. The Labute approximate surface area is 210 Å². The molecule has 3 N–H and O–H groups in total. The standard InChI is InChI=1S/C24H40N4OS.HI/c1-4-25-23(27-21-11-8-12-22(17-21)30-3)26-18-24(13-15-29-16-14-24)28-19(2)20-9-6-5-7-10-20;/h5-7,9-10,19,21-22,28H,4,8,11-18H2,1-3H3,(H2,25,26,27);1H. The first-order valence-corrected chi connectivity index (χ1v) is 12.9. The highest BCUT2D eigenvalue weighted by Crippen LogP contribution is 2.28. The summed E-state index contributed by atoms with van der Waals surface area (Å²) in [5, 5.41) is 11.9. The summed E-state index contributed by atoms with van der Waals surface area (Å²) in [5.41, 5.74) is 1.30. The van der Waals surface area contributed by atoms with Gasteiger partial charge in [0.1, 0.15) is 0 Å². The van der Waals surface area contributed by atoms with Crippen molar-refractivity contribution in [1.29, 1.82) is 0 Å². The van der Waals surface area contributed by atoms with E-state index in [9.17, 15) is 0 Å². The van der Waals surface area contributed by atoms with Crippen molar-refractivity contribution in [3.8, 4) is 0 Å². The molecule has 1 aliphatic carbocycles. The predicted octanol–water partition coefficient (Wildman–Crippen LogP) is 4.73. The Morgan fingerprint density at radius 2 is 1.97 bits per heavy atom. The Morgan fingerprint density at radius 1 is 1.23 bits per heavy atom. The average Bonchev–Trinajstić information content (AvgIpc) is 2.79. The van der Waals surface area contributed by atoms with Crippen molar-refractivity contribution >= 4 is 41.7 Å². The summed E-state index contributed by atoms with van der Waals surface area (Å²) in [4.78, 5) is 5.07. The van der Waals surface area contributed by atoms with Crippen LogP contribution in [-0.2, 0) is 4.74 Å². The Bertz CT molecular complexity index is 654. The molecule has 0 bridgehead atoms. The minimum absolute atomic E-state index is 0. The lowest BCUT2D eigenvalue weighted by atomic mass is 9.88. The van der Waals surface area contributed by atoms with Crippen LogP contribution in [0.2, 0.25) is 0 Å². The maximum absolute atomic E-state index is 5.69. The van der Waals surface area contributed by atoms with Crippen molar-refractivity contribution in [3.63, 3.8) is 0 Å². The molecule has 0 amide bonds. The van der Waals surface area contributed by atoms with Gasteiger partial charge in [-0.1, -0.05) is 36.8 Å². The number of nitrogens with zero attached hydrogens (tertiary/aromatic N) is 1. The number of thioether (sulfide) groups is 1. The summed E-state index contributed by atoms with van der Waals surface area (Å²) in [6.45, 7) is 7.64. The third kappa shape index (κ3) is 8.41. The van der Waals surface area contributed by atoms with Gasteiger partial charge in [0.25, 0.3) is 0 Å². The summed E-state index contributed by atoms with van der Waals surface area (Å²) in [7, 11) is 0. The normalized spacial score (nSPS) is 24.7. The van der Waals surface area contributed by atoms with Gasteiger partial charge in [0.05, 0.1) is 6.54 Å². The fourth-order valence-electron chi connectivity index (χ4n) is 4.63. The van der Waals surface area contributed by atoms with Crippen molar-refractivity contribution in [1.82, 2.24) is 16.0 Å². The smallest absolute Gasteiger partial charge is 0.191 e. The number of hydrogen-bond acceptors (Lipinski definition) is 4. The van der Waals surface area contributed by atoms with Crippen molar-refractivity contribution in [2.75, 3.05) is 32.6 Å². The van der Waals surface area contributed by atoms with Crippen LogP contribution in [0.5, 0.6) is 0 Å². The van der Waals surface area contributed by atoms with Crippen LogP contribution in [0.4, 0.5) is 0 Å². The Kier molecular flexibility index (Phi) is 12.0. The highest BCUT2D eigenvalue weighted by Gasteiger charge is 2.34. The Morgan fingerprint density at radius 3 is 2.65 bits per heavy atom. The van der Waals surface area contributed by atoms with Gasteiger partial charge < -0.3 is 20.7 Å². The molecule has 0 radical (unpaired) electrons. The number of benzene rings is 1.